The van der Waals surface area contributed by atoms with Crippen molar-refractivity contribution >= 4 is 23.7 Å². The van der Waals surface area contributed by atoms with E-state index >= 15 is 0 Å². The lowest BCUT2D eigenvalue weighted by molar-refractivity contribution is -0.150. The number of aliphatic hydroxyl groups is 1. The number of amides is 3. The first-order chi connectivity index (χ1) is 16.7. The molecule has 4 unspecified atom stereocenters. The lowest BCUT2D eigenvalue weighted by Crippen LogP contribution is -2.58. The zero-order valence-electron chi connectivity index (χ0n) is 19.6. The quantitative estimate of drug-likeness (QED) is 0.158. The molecule has 0 aliphatic carbocycles. The van der Waals surface area contributed by atoms with Crippen molar-refractivity contribution in [2.24, 2.45) is 11.5 Å². The monoisotopic (exact) mass is 493 g/mol. The van der Waals surface area contributed by atoms with Crippen molar-refractivity contribution in [3.8, 4) is 5.75 Å². The molecule has 4 atom stereocenters. The van der Waals surface area contributed by atoms with Gasteiger partial charge in [-0.1, -0.05) is 18.6 Å². The number of carbonyl (C=O) groups excluding carboxylic acids is 3. The van der Waals surface area contributed by atoms with E-state index in [0.29, 0.717) is 37.8 Å². The standard InChI is InChI=1S/C23H35N5O7/c24-10-2-1-4-16(25)20(31)26-17(12-14-6-8-15(30)9-7-14)21(32)27-18(13-29)22(33)28-11-3-5-19(28)23(34)35/h6-9,16-19,29-30H,1-5,10-13,24-25H2,(H,26,31)(H,27,32)(H,34,35). The van der Waals surface area contributed by atoms with Crippen molar-refractivity contribution in [2.45, 2.75) is 62.7 Å². The minimum atomic E-state index is -1.38. The van der Waals surface area contributed by atoms with E-state index in [4.69, 9.17) is 11.5 Å². The van der Waals surface area contributed by atoms with Gasteiger partial charge in [0.2, 0.25) is 17.7 Å². The Hall–Kier alpha value is -3.22. The van der Waals surface area contributed by atoms with Gasteiger partial charge in [0.05, 0.1) is 12.6 Å². The first-order valence-electron chi connectivity index (χ1n) is 11.7. The predicted octanol–water partition coefficient (Wildman–Crippen LogP) is -1.57. The lowest BCUT2D eigenvalue weighted by Gasteiger charge is -2.28. The maximum Gasteiger partial charge on any atom is 0.326 e. The van der Waals surface area contributed by atoms with E-state index < -0.39 is 54.5 Å². The van der Waals surface area contributed by atoms with Gasteiger partial charge in [0.1, 0.15) is 23.9 Å². The first-order valence-corrected chi connectivity index (χ1v) is 11.7. The summed E-state index contributed by atoms with van der Waals surface area (Å²) in [4.78, 5) is 51.2. The Bertz CT molecular complexity index is 880. The topological polar surface area (TPSA) is 208 Å². The van der Waals surface area contributed by atoms with Crippen LogP contribution >= 0.6 is 0 Å². The fraction of sp³-hybridized carbons (Fsp3) is 0.565. The van der Waals surface area contributed by atoms with Gasteiger partial charge in [0, 0.05) is 13.0 Å². The van der Waals surface area contributed by atoms with E-state index in [1.54, 1.807) is 12.1 Å². The molecule has 0 saturated carbocycles. The van der Waals surface area contributed by atoms with Crippen LogP contribution in [0, 0.1) is 0 Å². The Morgan fingerprint density at radius 3 is 2.31 bits per heavy atom. The second kappa shape index (κ2) is 13.6. The Morgan fingerprint density at radius 2 is 1.71 bits per heavy atom. The van der Waals surface area contributed by atoms with Gasteiger partial charge < -0.3 is 42.3 Å². The molecule has 1 saturated heterocycles. The number of aliphatic hydroxyl groups excluding tert-OH is 1. The van der Waals surface area contributed by atoms with Gasteiger partial charge in [0.15, 0.2) is 0 Å². The van der Waals surface area contributed by atoms with Crippen LogP contribution in [0.1, 0.15) is 37.7 Å². The molecule has 0 radical (unpaired) electrons. The summed E-state index contributed by atoms with van der Waals surface area (Å²) in [6.45, 7) is -0.0735. The van der Waals surface area contributed by atoms with Gasteiger partial charge in [-0.3, -0.25) is 14.4 Å². The van der Waals surface area contributed by atoms with Crippen LogP contribution in [0.2, 0.25) is 0 Å². The molecule has 194 valence electrons. The number of aromatic hydroxyl groups is 1. The predicted molar refractivity (Wildman–Crippen MR) is 126 cm³/mol. The van der Waals surface area contributed by atoms with Gasteiger partial charge in [-0.2, -0.15) is 0 Å². The third kappa shape index (κ3) is 8.19. The number of unbranched alkanes of at least 4 members (excludes halogenated alkanes) is 1. The number of phenols is 1. The molecule has 0 bridgehead atoms. The molecule has 2 rings (SSSR count). The maximum absolute atomic E-state index is 13.1. The number of carbonyl (C=O) groups is 4. The number of hydrogen-bond donors (Lipinski definition) is 7. The molecule has 9 N–H and O–H groups in total. The molecule has 3 amide bonds. The fourth-order valence-corrected chi connectivity index (χ4v) is 3.94. The molecule has 0 aromatic heterocycles. The Labute approximate surface area is 203 Å². The lowest BCUT2D eigenvalue weighted by atomic mass is 10.0. The number of nitrogens with zero attached hydrogens (tertiary/aromatic N) is 1. The molecule has 1 fully saturated rings. The number of nitrogens with one attached hydrogen (secondary N) is 2. The first kappa shape index (κ1) is 28.0. The summed E-state index contributed by atoms with van der Waals surface area (Å²) in [5, 5.41) is 33.7. The molecule has 1 aromatic rings. The van der Waals surface area contributed by atoms with Gasteiger partial charge >= 0.3 is 5.97 Å². The summed E-state index contributed by atoms with van der Waals surface area (Å²) in [5.74, 6) is -3.12. The average Bonchev–Trinajstić information content (AvgIpc) is 3.33. The highest BCUT2D eigenvalue weighted by Gasteiger charge is 2.38. The summed E-state index contributed by atoms with van der Waals surface area (Å²) in [6, 6.07) is 1.64. The van der Waals surface area contributed by atoms with E-state index in [0.717, 1.165) is 4.90 Å². The molecule has 35 heavy (non-hydrogen) atoms. The summed E-state index contributed by atoms with van der Waals surface area (Å²) < 4.78 is 0. The van der Waals surface area contributed by atoms with Crippen LogP contribution in [0.4, 0.5) is 0 Å². The van der Waals surface area contributed by atoms with Crippen LogP contribution in [0.3, 0.4) is 0 Å². The molecular weight excluding hydrogens is 458 g/mol. The summed E-state index contributed by atoms with van der Waals surface area (Å²) in [6.07, 6.45) is 2.53. The summed E-state index contributed by atoms with van der Waals surface area (Å²) in [7, 11) is 0. The van der Waals surface area contributed by atoms with Crippen LogP contribution < -0.4 is 22.1 Å². The third-order valence-corrected chi connectivity index (χ3v) is 5.93. The van der Waals surface area contributed by atoms with Gasteiger partial charge in [-0.25, -0.2) is 4.79 Å². The van der Waals surface area contributed by atoms with E-state index in [-0.39, 0.29) is 25.1 Å². The number of hydrogen-bond acceptors (Lipinski definition) is 8. The fourth-order valence-electron chi connectivity index (χ4n) is 3.94. The van der Waals surface area contributed by atoms with E-state index in [9.17, 15) is 34.5 Å². The SMILES string of the molecule is NCCCCC(N)C(=O)NC(Cc1ccc(O)cc1)C(=O)NC(CO)C(=O)N1CCCC1C(=O)O. The van der Waals surface area contributed by atoms with E-state index in [1.165, 1.54) is 12.1 Å². The maximum atomic E-state index is 13.1. The zero-order valence-corrected chi connectivity index (χ0v) is 19.6. The Kier molecular flexibility index (Phi) is 10.9. The number of carboxylic acids is 1. The highest BCUT2D eigenvalue weighted by atomic mass is 16.4. The smallest absolute Gasteiger partial charge is 0.326 e. The average molecular weight is 494 g/mol. The number of aliphatic carboxylic acids is 1. The molecule has 1 aliphatic heterocycles. The Balaban J connectivity index is 2.14. The highest BCUT2D eigenvalue weighted by Crippen LogP contribution is 2.19. The van der Waals surface area contributed by atoms with Crippen LogP contribution in [0.5, 0.6) is 5.75 Å². The van der Waals surface area contributed by atoms with Gasteiger partial charge in [-0.05, 0) is 49.9 Å². The van der Waals surface area contributed by atoms with Crippen LogP contribution in [-0.4, -0.2) is 87.8 Å². The van der Waals surface area contributed by atoms with E-state index in [1.807, 2.05) is 0 Å². The largest absolute Gasteiger partial charge is 0.508 e. The molecule has 1 aromatic carbocycles. The van der Waals surface area contributed by atoms with Crippen molar-refractivity contribution in [3.05, 3.63) is 29.8 Å². The minimum Gasteiger partial charge on any atom is -0.508 e. The highest BCUT2D eigenvalue weighted by molar-refractivity contribution is 5.94. The third-order valence-electron chi connectivity index (χ3n) is 5.93. The second-order valence-electron chi connectivity index (χ2n) is 8.59. The number of benzene rings is 1. The molecule has 12 nitrogen and oxygen atoms in total. The van der Waals surface area contributed by atoms with Crippen molar-refractivity contribution in [1.29, 1.82) is 0 Å². The second-order valence-corrected chi connectivity index (χ2v) is 8.59. The number of nitrogens with two attached hydrogens (primary N) is 2. The number of phenolic OH excluding ortho intramolecular Hbond substituents is 1. The van der Waals surface area contributed by atoms with Crippen molar-refractivity contribution in [3.63, 3.8) is 0 Å². The molecule has 1 aliphatic rings. The molecule has 0 spiro atoms. The van der Waals surface area contributed by atoms with Crippen LogP contribution in [0.25, 0.3) is 0 Å². The zero-order chi connectivity index (χ0) is 26.0. The Morgan fingerprint density at radius 1 is 1.06 bits per heavy atom. The molecule has 1 heterocycles. The van der Waals surface area contributed by atoms with Gasteiger partial charge in [-0.15, -0.1) is 0 Å². The van der Waals surface area contributed by atoms with Crippen molar-refractivity contribution in [1.82, 2.24) is 15.5 Å². The van der Waals surface area contributed by atoms with E-state index in [2.05, 4.69) is 10.6 Å². The molecule has 12 heteroatoms. The van der Waals surface area contributed by atoms with Crippen LogP contribution in [-0.2, 0) is 25.6 Å². The van der Waals surface area contributed by atoms with Gasteiger partial charge in [0.25, 0.3) is 0 Å². The van der Waals surface area contributed by atoms with Crippen molar-refractivity contribution in [2.75, 3.05) is 19.7 Å². The molecular formula is C23H35N5O7. The number of rotatable bonds is 13. The number of likely N-dealkylation sites (tertiary alicyclic amines) is 1. The minimum absolute atomic E-state index is 0.0289. The summed E-state index contributed by atoms with van der Waals surface area (Å²) in [5.41, 5.74) is 12.0. The summed E-state index contributed by atoms with van der Waals surface area (Å²) >= 11 is 0. The number of carboxylic acid groups (broad SMARTS) is 1. The normalized spacial score (nSPS) is 17.9. The van der Waals surface area contributed by atoms with Crippen molar-refractivity contribution < 1.29 is 34.5 Å². The van der Waals surface area contributed by atoms with Crippen LogP contribution in [0.15, 0.2) is 24.3 Å².